The van der Waals surface area contributed by atoms with Gasteiger partial charge in [-0.1, -0.05) is 6.92 Å². The van der Waals surface area contributed by atoms with Gasteiger partial charge in [-0.3, -0.25) is 15.2 Å². The first-order valence-corrected chi connectivity index (χ1v) is 5.52. The van der Waals surface area contributed by atoms with Crippen LogP contribution in [0, 0.1) is 0 Å². The molecular weight excluding hydrogens is 212 g/mol. The van der Waals surface area contributed by atoms with Crippen molar-refractivity contribution in [3.05, 3.63) is 18.6 Å². The minimum Gasteiger partial charge on any atom is -0.294 e. The molecule has 1 atom stereocenters. The maximum Gasteiger partial charge on any atom is 0.233 e. The van der Waals surface area contributed by atoms with Crippen molar-refractivity contribution in [2.24, 2.45) is 5.84 Å². The molecule has 0 saturated carbocycles. The van der Waals surface area contributed by atoms with E-state index in [1.54, 1.807) is 30.4 Å². The van der Waals surface area contributed by atoms with Gasteiger partial charge in [-0.05, 0) is 6.42 Å². The number of carbonyl (C=O) groups excluding carboxylic acids is 1. The van der Waals surface area contributed by atoms with E-state index in [9.17, 15) is 4.79 Å². The summed E-state index contributed by atoms with van der Waals surface area (Å²) in [6.07, 6.45) is 6.21. The molecule has 0 aromatic carbocycles. The van der Waals surface area contributed by atoms with Gasteiger partial charge in [-0.25, -0.2) is 10.8 Å². The molecule has 5 nitrogen and oxygen atoms in total. The molecule has 3 N–H and O–H groups in total. The van der Waals surface area contributed by atoms with Gasteiger partial charge < -0.3 is 0 Å². The van der Waals surface area contributed by atoms with E-state index in [0.717, 1.165) is 11.4 Å². The predicted molar refractivity (Wildman–Crippen MR) is 58.9 cm³/mol. The van der Waals surface area contributed by atoms with E-state index in [-0.39, 0.29) is 5.91 Å². The highest BCUT2D eigenvalue weighted by molar-refractivity contribution is 7.99. The maximum atomic E-state index is 10.9. The van der Waals surface area contributed by atoms with Crippen LogP contribution in [-0.2, 0) is 4.79 Å². The Balaban J connectivity index is 2.30. The summed E-state index contributed by atoms with van der Waals surface area (Å²) in [7, 11) is 0. The van der Waals surface area contributed by atoms with Gasteiger partial charge in [0, 0.05) is 24.1 Å². The van der Waals surface area contributed by atoms with Crippen molar-refractivity contribution in [1.82, 2.24) is 15.4 Å². The molecular formula is C9H14N4OS. The van der Waals surface area contributed by atoms with Crippen LogP contribution in [0.15, 0.2) is 23.6 Å². The SMILES string of the molecule is CC(CCC(=O)NN)Sc1cnccn1. The van der Waals surface area contributed by atoms with Crippen molar-refractivity contribution < 1.29 is 4.79 Å². The van der Waals surface area contributed by atoms with E-state index in [2.05, 4.69) is 15.4 Å². The lowest BCUT2D eigenvalue weighted by atomic mass is 10.2. The summed E-state index contributed by atoms with van der Waals surface area (Å²) in [5, 5.41) is 1.19. The molecule has 0 bridgehead atoms. The van der Waals surface area contributed by atoms with E-state index >= 15 is 0 Å². The second kappa shape index (κ2) is 6.36. The topological polar surface area (TPSA) is 80.9 Å². The van der Waals surface area contributed by atoms with Gasteiger partial charge in [0.05, 0.1) is 6.20 Å². The highest BCUT2D eigenvalue weighted by Crippen LogP contribution is 2.22. The van der Waals surface area contributed by atoms with Crippen LogP contribution in [0.4, 0.5) is 0 Å². The Morgan fingerprint density at radius 3 is 3.07 bits per heavy atom. The highest BCUT2D eigenvalue weighted by atomic mass is 32.2. The minimum atomic E-state index is -0.137. The third-order valence-corrected chi connectivity index (χ3v) is 2.89. The average molecular weight is 226 g/mol. The molecule has 82 valence electrons. The first-order valence-electron chi connectivity index (χ1n) is 4.64. The number of hydrazine groups is 1. The molecule has 1 unspecified atom stereocenters. The molecule has 0 aliphatic carbocycles. The zero-order valence-electron chi connectivity index (χ0n) is 8.51. The van der Waals surface area contributed by atoms with Gasteiger partial charge >= 0.3 is 0 Å². The van der Waals surface area contributed by atoms with Gasteiger partial charge in [0.15, 0.2) is 0 Å². The lowest BCUT2D eigenvalue weighted by Crippen LogP contribution is -2.30. The van der Waals surface area contributed by atoms with Crippen LogP contribution in [0.3, 0.4) is 0 Å². The molecule has 1 rings (SSSR count). The fraction of sp³-hybridized carbons (Fsp3) is 0.444. The Bertz CT molecular complexity index is 306. The number of amides is 1. The maximum absolute atomic E-state index is 10.9. The number of nitrogens with zero attached hydrogens (tertiary/aromatic N) is 2. The smallest absolute Gasteiger partial charge is 0.233 e. The first kappa shape index (κ1) is 11.9. The Hall–Kier alpha value is -1.14. The van der Waals surface area contributed by atoms with E-state index < -0.39 is 0 Å². The number of thioether (sulfide) groups is 1. The molecule has 1 aromatic heterocycles. The summed E-state index contributed by atoms with van der Waals surface area (Å²) in [4.78, 5) is 19.0. The summed E-state index contributed by atoms with van der Waals surface area (Å²) >= 11 is 1.60. The van der Waals surface area contributed by atoms with Gasteiger partial charge in [0.1, 0.15) is 5.03 Å². The van der Waals surface area contributed by atoms with Crippen molar-refractivity contribution in [3.63, 3.8) is 0 Å². The third kappa shape index (κ3) is 4.75. The van der Waals surface area contributed by atoms with Crippen LogP contribution < -0.4 is 11.3 Å². The van der Waals surface area contributed by atoms with Gasteiger partial charge in [0.25, 0.3) is 0 Å². The predicted octanol–water partition coefficient (Wildman–Crippen LogP) is 0.727. The summed E-state index contributed by atoms with van der Waals surface area (Å²) in [6, 6.07) is 0. The zero-order chi connectivity index (χ0) is 11.1. The number of rotatable bonds is 5. The fourth-order valence-electron chi connectivity index (χ4n) is 1.02. The Morgan fingerprint density at radius 1 is 1.67 bits per heavy atom. The molecule has 0 aliphatic rings. The molecule has 0 saturated heterocycles. The molecule has 1 amide bonds. The van der Waals surface area contributed by atoms with Gasteiger partial charge in [0.2, 0.25) is 5.91 Å². The highest BCUT2D eigenvalue weighted by Gasteiger charge is 2.07. The Labute approximate surface area is 92.8 Å². The molecule has 0 aliphatic heterocycles. The Morgan fingerprint density at radius 2 is 2.47 bits per heavy atom. The van der Waals surface area contributed by atoms with Crippen LogP contribution in [-0.4, -0.2) is 21.1 Å². The molecule has 15 heavy (non-hydrogen) atoms. The molecule has 0 fully saturated rings. The standard InChI is InChI=1S/C9H14N4OS/c1-7(2-3-8(14)13-10)15-9-6-11-4-5-12-9/h4-7H,2-3,10H2,1H3,(H,13,14). The minimum absolute atomic E-state index is 0.137. The molecule has 1 aromatic rings. The van der Waals surface area contributed by atoms with Crippen LogP contribution >= 0.6 is 11.8 Å². The quantitative estimate of drug-likeness (QED) is 0.335. The molecule has 6 heteroatoms. The second-order valence-corrected chi connectivity index (χ2v) is 4.54. The number of nitrogens with two attached hydrogens (primary N) is 1. The van der Waals surface area contributed by atoms with Crippen molar-refractivity contribution in [2.45, 2.75) is 30.0 Å². The summed E-state index contributed by atoms with van der Waals surface area (Å²) in [5.41, 5.74) is 2.11. The molecule has 0 spiro atoms. The molecule has 1 heterocycles. The van der Waals surface area contributed by atoms with Crippen molar-refractivity contribution in [2.75, 3.05) is 0 Å². The summed E-state index contributed by atoms with van der Waals surface area (Å²) in [5.74, 6) is 4.84. The van der Waals surface area contributed by atoms with Crippen molar-refractivity contribution in [1.29, 1.82) is 0 Å². The number of carbonyl (C=O) groups is 1. The van der Waals surface area contributed by atoms with Crippen LogP contribution in [0.5, 0.6) is 0 Å². The number of aromatic nitrogens is 2. The molecule has 0 radical (unpaired) electrons. The fourth-order valence-corrected chi connectivity index (χ4v) is 1.91. The van der Waals surface area contributed by atoms with E-state index in [1.165, 1.54) is 0 Å². The largest absolute Gasteiger partial charge is 0.294 e. The van der Waals surface area contributed by atoms with Crippen molar-refractivity contribution >= 4 is 17.7 Å². The monoisotopic (exact) mass is 226 g/mol. The first-order chi connectivity index (χ1) is 7.22. The van der Waals surface area contributed by atoms with Crippen LogP contribution in [0.1, 0.15) is 19.8 Å². The lowest BCUT2D eigenvalue weighted by Gasteiger charge is -2.08. The van der Waals surface area contributed by atoms with Crippen LogP contribution in [0.25, 0.3) is 0 Å². The zero-order valence-corrected chi connectivity index (χ0v) is 9.33. The Kier molecular flexibility index (Phi) is 5.06. The summed E-state index contributed by atoms with van der Waals surface area (Å²) < 4.78 is 0. The van der Waals surface area contributed by atoms with Crippen LogP contribution in [0.2, 0.25) is 0 Å². The third-order valence-electron chi connectivity index (χ3n) is 1.80. The van der Waals surface area contributed by atoms with E-state index in [0.29, 0.717) is 11.7 Å². The number of nitrogens with one attached hydrogen (secondary N) is 1. The van der Waals surface area contributed by atoms with Gasteiger partial charge in [-0.2, -0.15) is 0 Å². The van der Waals surface area contributed by atoms with E-state index in [1.807, 2.05) is 6.92 Å². The summed E-state index contributed by atoms with van der Waals surface area (Å²) in [6.45, 7) is 2.04. The lowest BCUT2D eigenvalue weighted by molar-refractivity contribution is -0.121. The second-order valence-electron chi connectivity index (χ2n) is 3.08. The van der Waals surface area contributed by atoms with Crippen molar-refractivity contribution in [3.8, 4) is 0 Å². The number of hydrogen-bond acceptors (Lipinski definition) is 5. The average Bonchev–Trinajstić information content (AvgIpc) is 2.27. The van der Waals surface area contributed by atoms with E-state index in [4.69, 9.17) is 5.84 Å². The normalized spacial score (nSPS) is 12.1. The number of hydrogen-bond donors (Lipinski definition) is 2. The van der Waals surface area contributed by atoms with Gasteiger partial charge in [-0.15, -0.1) is 11.8 Å².